The Bertz CT molecular complexity index is 770. The van der Waals surface area contributed by atoms with Crippen molar-refractivity contribution in [3.05, 3.63) is 71.3 Å². The molecule has 3 rings (SSSR count). The van der Waals surface area contributed by atoms with E-state index in [1.54, 1.807) is 18.2 Å². The number of rotatable bonds is 5. The van der Waals surface area contributed by atoms with Crippen LogP contribution in [0.25, 0.3) is 0 Å². The molecule has 2 aromatic carbocycles. The highest BCUT2D eigenvalue weighted by molar-refractivity contribution is 6.76. The molecule has 0 saturated carbocycles. The highest BCUT2D eigenvalue weighted by Crippen LogP contribution is 2.40. The van der Waals surface area contributed by atoms with Crippen molar-refractivity contribution >= 4 is 20.3 Å². The summed E-state index contributed by atoms with van der Waals surface area (Å²) in [5.41, 5.74) is 2.10. The Morgan fingerprint density at radius 3 is 2.32 bits per heavy atom. The van der Waals surface area contributed by atoms with Crippen LogP contribution in [0.2, 0.25) is 19.6 Å². The lowest BCUT2D eigenvalue weighted by Gasteiger charge is -2.29. The van der Waals surface area contributed by atoms with E-state index in [1.807, 2.05) is 41.3 Å². The van der Waals surface area contributed by atoms with E-state index < -0.39 is 20.4 Å². The fourth-order valence-corrected chi connectivity index (χ4v) is 4.48. The molecule has 25 heavy (non-hydrogen) atoms. The first-order chi connectivity index (χ1) is 11.9. The van der Waals surface area contributed by atoms with Crippen molar-refractivity contribution in [1.82, 2.24) is 4.90 Å². The molecule has 130 valence electrons. The number of ether oxygens (including phenoxy) is 1. The molecule has 2 atom stereocenters. The first-order valence-electron chi connectivity index (χ1n) is 8.46. The number of hydrogen-bond acceptors (Lipinski definition) is 3. The first-order valence-corrected chi connectivity index (χ1v) is 12.2. The van der Waals surface area contributed by atoms with Crippen LogP contribution in [0.4, 0.5) is 0 Å². The largest absolute Gasteiger partial charge is 0.336 e. The Morgan fingerprint density at radius 1 is 1.04 bits per heavy atom. The van der Waals surface area contributed by atoms with Gasteiger partial charge in [-0.25, -0.2) is 0 Å². The number of carbonyl (C=O) groups is 2. The number of benzene rings is 2. The summed E-state index contributed by atoms with van der Waals surface area (Å²) < 4.78 is 6.19. The summed E-state index contributed by atoms with van der Waals surface area (Å²) in [5.74, 6) is -0.0643. The van der Waals surface area contributed by atoms with E-state index in [0.29, 0.717) is 17.3 Å². The van der Waals surface area contributed by atoms with Crippen molar-refractivity contribution in [3.63, 3.8) is 0 Å². The molecular formula is C20H23NO3Si. The first kappa shape index (κ1) is 17.6. The van der Waals surface area contributed by atoms with Crippen molar-refractivity contribution in [2.75, 3.05) is 6.17 Å². The van der Waals surface area contributed by atoms with Gasteiger partial charge >= 0.3 is 0 Å². The number of aldehydes is 1. The molecule has 1 saturated heterocycles. The van der Waals surface area contributed by atoms with E-state index in [-0.39, 0.29) is 5.91 Å². The molecule has 1 amide bonds. The zero-order valence-electron chi connectivity index (χ0n) is 14.8. The van der Waals surface area contributed by atoms with Gasteiger partial charge in [-0.3, -0.25) is 9.59 Å². The smallest absolute Gasteiger partial charge is 0.258 e. The van der Waals surface area contributed by atoms with E-state index in [0.717, 1.165) is 11.8 Å². The average molecular weight is 353 g/mol. The molecule has 1 aliphatic heterocycles. The Hall–Kier alpha value is -2.24. The van der Waals surface area contributed by atoms with Crippen molar-refractivity contribution in [1.29, 1.82) is 0 Å². The zero-order valence-corrected chi connectivity index (χ0v) is 15.8. The van der Waals surface area contributed by atoms with E-state index >= 15 is 0 Å². The lowest BCUT2D eigenvalue weighted by molar-refractivity contribution is -0.129. The minimum Gasteiger partial charge on any atom is -0.336 e. The molecule has 1 heterocycles. The second-order valence-electron chi connectivity index (χ2n) is 7.55. The lowest BCUT2D eigenvalue weighted by Crippen LogP contribution is -2.42. The van der Waals surface area contributed by atoms with Crippen LogP contribution in [0.1, 0.15) is 33.8 Å². The summed E-state index contributed by atoms with van der Waals surface area (Å²) in [7, 11) is -1.54. The summed E-state index contributed by atoms with van der Waals surface area (Å²) in [6.45, 7) is 6.69. The van der Waals surface area contributed by atoms with Crippen LogP contribution in [0.3, 0.4) is 0 Å². The minimum atomic E-state index is -1.54. The van der Waals surface area contributed by atoms with Crippen LogP contribution in [-0.2, 0) is 9.53 Å². The van der Waals surface area contributed by atoms with Gasteiger partial charge in [0.05, 0.1) is 8.07 Å². The topological polar surface area (TPSA) is 46.6 Å². The molecule has 0 spiro atoms. The number of hydrogen-bond donors (Lipinski definition) is 0. The van der Waals surface area contributed by atoms with Crippen molar-refractivity contribution in [2.45, 2.75) is 32.0 Å². The van der Waals surface area contributed by atoms with Gasteiger partial charge in [-0.15, -0.1) is 0 Å². The minimum absolute atomic E-state index is 0.0643. The maximum Gasteiger partial charge on any atom is 0.258 e. The Balaban J connectivity index is 2.00. The number of nitrogens with zero attached hydrogens (tertiary/aromatic N) is 1. The van der Waals surface area contributed by atoms with Gasteiger partial charge in [0, 0.05) is 22.9 Å². The summed E-state index contributed by atoms with van der Waals surface area (Å²) in [6.07, 6.45) is 0.351. The fourth-order valence-electron chi connectivity index (χ4n) is 3.14. The van der Waals surface area contributed by atoms with Crippen LogP contribution in [0, 0.1) is 0 Å². The van der Waals surface area contributed by atoms with Crippen molar-refractivity contribution < 1.29 is 14.3 Å². The van der Waals surface area contributed by atoms with E-state index in [2.05, 4.69) is 19.6 Å². The highest BCUT2D eigenvalue weighted by atomic mass is 28.3. The van der Waals surface area contributed by atoms with Crippen LogP contribution in [0.15, 0.2) is 54.6 Å². The van der Waals surface area contributed by atoms with Gasteiger partial charge in [-0.05, 0) is 0 Å². The second kappa shape index (κ2) is 6.94. The predicted octanol–water partition coefficient (Wildman–Crippen LogP) is 3.98. The molecule has 1 fully saturated rings. The molecule has 0 unspecified atom stereocenters. The van der Waals surface area contributed by atoms with E-state index in [1.165, 1.54) is 0 Å². The van der Waals surface area contributed by atoms with E-state index in [4.69, 9.17) is 4.74 Å². The lowest BCUT2D eigenvalue weighted by atomic mass is 10.0. The van der Waals surface area contributed by atoms with E-state index in [9.17, 15) is 9.59 Å². The maximum absolute atomic E-state index is 13.1. The normalized spacial score (nSPS) is 20.8. The molecule has 0 N–H and O–H groups in total. The molecular weight excluding hydrogens is 330 g/mol. The number of carbonyl (C=O) groups excluding carboxylic acids is 2. The SMILES string of the molecule is C[Si](C)(C)CN1C(=O)[C@@H](c2ccccc2C=O)O[C@H]1c1ccccc1. The molecule has 0 bridgehead atoms. The quantitative estimate of drug-likeness (QED) is 0.603. The third-order valence-electron chi connectivity index (χ3n) is 4.19. The molecule has 0 radical (unpaired) electrons. The van der Waals surface area contributed by atoms with Crippen LogP contribution in [-0.4, -0.2) is 31.3 Å². The summed E-state index contributed by atoms with van der Waals surface area (Å²) in [6, 6.07) is 16.9. The molecule has 0 aromatic heterocycles. The fraction of sp³-hybridized carbons (Fsp3) is 0.300. The molecule has 0 aliphatic carbocycles. The van der Waals surface area contributed by atoms with Gasteiger partial charge in [0.1, 0.15) is 6.29 Å². The summed E-state index contributed by atoms with van der Waals surface area (Å²) >= 11 is 0. The third-order valence-corrected chi connectivity index (χ3v) is 5.48. The maximum atomic E-state index is 13.1. The molecule has 1 aliphatic rings. The molecule has 2 aromatic rings. The molecule has 4 nitrogen and oxygen atoms in total. The Morgan fingerprint density at radius 2 is 1.68 bits per heavy atom. The molecule has 5 heteroatoms. The summed E-state index contributed by atoms with van der Waals surface area (Å²) in [5, 5.41) is 0. The van der Waals surface area contributed by atoms with Gasteiger partial charge in [0.25, 0.3) is 5.91 Å². The van der Waals surface area contributed by atoms with Gasteiger partial charge in [-0.2, -0.15) is 0 Å². The van der Waals surface area contributed by atoms with Crippen molar-refractivity contribution in [3.8, 4) is 0 Å². The van der Waals surface area contributed by atoms with Crippen LogP contribution >= 0.6 is 0 Å². The van der Waals surface area contributed by atoms with Gasteiger partial charge in [0.2, 0.25) is 0 Å². The predicted molar refractivity (Wildman–Crippen MR) is 99.9 cm³/mol. The monoisotopic (exact) mass is 353 g/mol. The summed E-state index contributed by atoms with van der Waals surface area (Å²) in [4.78, 5) is 26.4. The number of amides is 1. The van der Waals surface area contributed by atoms with Crippen LogP contribution in [0.5, 0.6) is 0 Å². The highest BCUT2D eigenvalue weighted by Gasteiger charge is 2.44. The third kappa shape index (κ3) is 3.72. The van der Waals surface area contributed by atoms with Gasteiger partial charge in [0.15, 0.2) is 12.3 Å². The van der Waals surface area contributed by atoms with Gasteiger partial charge < -0.3 is 9.64 Å². The average Bonchev–Trinajstić information content (AvgIpc) is 2.91. The Labute approximate surface area is 149 Å². The van der Waals surface area contributed by atoms with Crippen molar-refractivity contribution in [2.24, 2.45) is 0 Å². The second-order valence-corrected chi connectivity index (χ2v) is 13.0. The van der Waals surface area contributed by atoms with Gasteiger partial charge in [-0.1, -0.05) is 74.2 Å². The Kier molecular flexibility index (Phi) is 4.88. The zero-order chi connectivity index (χ0) is 18.0. The standard InChI is InChI=1S/C20H23NO3Si/c1-25(2,3)14-21-19(23)18(17-12-8-7-11-16(17)13-22)24-20(21)15-9-5-4-6-10-15/h4-13,18,20H,14H2,1-3H3/t18-,20+/m1/s1. The van der Waals surface area contributed by atoms with Crippen LogP contribution < -0.4 is 0 Å².